The van der Waals surface area contributed by atoms with Crippen LogP contribution < -0.4 is 4.90 Å². The average molecular weight is 299 g/mol. The number of hydrogen-bond acceptors (Lipinski definition) is 2. The van der Waals surface area contributed by atoms with E-state index in [0.29, 0.717) is 11.7 Å². The summed E-state index contributed by atoms with van der Waals surface area (Å²) in [7, 11) is 0. The van der Waals surface area contributed by atoms with E-state index in [4.69, 9.17) is 0 Å². The molecule has 1 saturated heterocycles. The molecule has 2 nitrogen and oxygen atoms in total. The molecule has 1 aromatic carbocycles. The zero-order valence-electron chi connectivity index (χ0n) is 12.2. The molecule has 3 heteroatoms. The van der Waals surface area contributed by atoms with Crippen molar-refractivity contribution < 1.29 is 4.79 Å². The number of amides is 1. The van der Waals surface area contributed by atoms with Gasteiger partial charge in [0, 0.05) is 5.69 Å². The first kappa shape index (κ1) is 12.6. The van der Waals surface area contributed by atoms with Gasteiger partial charge in [-0.2, -0.15) is 0 Å². The molecule has 0 radical (unpaired) electrons. The smallest absolute Gasteiger partial charge is 0.238 e. The molecule has 0 aromatic heterocycles. The highest BCUT2D eigenvalue weighted by Crippen LogP contribution is 2.65. The Hall–Kier alpha value is -0.960. The predicted octanol–water partition coefficient (Wildman–Crippen LogP) is 3.92. The van der Waals surface area contributed by atoms with Crippen LogP contribution >= 0.6 is 11.8 Å². The monoisotopic (exact) mass is 299 g/mol. The lowest BCUT2D eigenvalue weighted by molar-refractivity contribution is -0.118. The van der Waals surface area contributed by atoms with Gasteiger partial charge >= 0.3 is 0 Å². The van der Waals surface area contributed by atoms with Crippen LogP contribution in [0.1, 0.15) is 32.1 Å². The summed E-state index contributed by atoms with van der Waals surface area (Å²) in [6.07, 6.45) is 6.90. The van der Waals surface area contributed by atoms with Crippen LogP contribution in [0.3, 0.4) is 0 Å². The van der Waals surface area contributed by atoms with E-state index in [9.17, 15) is 4.79 Å². The van der Waals surface area contributed by atoms with E-state index >= 15 is 0 Å². The van der Waals surface area contributed by atoms with Crippen molar-refractivity contribution in [2.45, 2.75) is 37.0 Å². The van der Waals surface area contributed by atoms with Gasteiger partial charge in [0.2, 0.25) is 5.91 Å². The molecular weight excluding hydrogens is 278 g/mol. The minimum atomic E-state index is 0.0891. The first-order valence-electron chi connectivity index (χ1n) is 8.29. The fourth-order valence-electron chi connectivity index (χ4n) is 5.88. The van der Waals surface area contributed by atoms with Gasteiger partial charge in [-0.05, 0) is 67.9 Å². The van der Waals surface area contributed by atoms with Crippen LogP contribution in [0.25, 0.3) is 0 Å². The maximum Gasteiger partial charge on any atom is 0.238 e. The minimum Gasteiger partial charge on any atom is -0.296 e. The zero-order valence-corrected chi connectivity index (χ0v) is 13.0. The topological polar surface area (TPSA) is 20.3 Å². The molecule has 4 aliphatic carbocycles. The number of hydrogen-bond donors (Lipinski definition) is 0. The Kier molecular flexibility index (Phi) is 2.56. The van der Waals surface area contributed by atoms with E-state index in [0.717, 1.165) is 29.4 Å². The highest BCUT2D eigenvalue weighted by Gasteiger charge is 2.63. The second-order valence-corrected chi connectivity index (χ2v) is 8.64. The minimum absolute atomic E-state index is 0.0891. The lowest BCUT2D eigenvalue weighted by Gasteiger charge is -2.61. The largest absolute Gasteiger partial charge is 0.296 e. The van der Waals surface area contributed by atoms with Gasteiger partial charge in [-0.15, -0.1) is 11.8 Å². The number of carbonyl (C=O) groups excluding carboxylic acids is 1. The number of para-hydroxylation sites is 1. The lowest BCUT2D eigenvalue weighted by Crippen LogP contribution is -2.63. The van der Waals surface area contributed by atoms with Crippen LogP contribution in [0.5, 0.6) is 0 Å². The van der Waals surface area contributed by atoms with Gasteiger partial charge in [-0.1, -0.05) is 18.2 Å². The maximum absolute atomic E-state index is 12.7. The molecule has 1 amide bonds. The van der Waals surface area contributed by atoms with Gasteiger partial charge in [0.1, 0.15) is 0 Å². The summed E-state index contributed by atoms with van der Waals surface area (Å²) in [5.74, 6) is 4.37. The van der Waals surface area contributed by atoms with Crippen molar-refractivity contribution >= 4 is 23.4 Å². The predicted molar refractivity (Wildman–Crippen MR) is 86.2 cm³/mol. The summed E-state index contributed by atoms with van der Waals surface area (Å²) in [6, 6.07) is 10.4. The number of carbonyl (C=O) groups is 1. The fraction of sp³-hybridized carbons (Fsp3) is 0.611. The van der Waals surface area contributed by atoms with E-state index in [1.54, 1.807) is 0 Å². The van der Waals surface area contributed by atoms with Crippen molar-refractivity contribution in [2.75, 3.05) is 10.7 Å². The summed E-state index contributed by atoms with van der Waals surface area (Å²) in [5, 5.41) is 0. The fourth-order valence-corrected chi connectivity index (χ4v) is 7.56. The first-order valence-corrected chi connectivity index (χ1v) is 9.28. The standard InChI is InChI=1S/C18H21NOS/c20-17-11-21-18(19(17)16-4-2-1-3-5-16)14-7-12-6-13(9-14)10-15(18)8-12/h1-5,12-15H,6-11H2. The number of nitrogens with zero attached hydrogens (tertiary/aromatic N) is 1. The van der Waals surface area contributed by atoms with Crippen LogP contribution in [0.15, 0.2) is 30.3 Å². The zero-order chi connectivity index (χ0) is 14.0. The molecular formula is C18H21NOS. The Morgan fingerprint density at radius 1 is 0.952 bits per heavy atom. The molecule has 0 N–H and O–H groups in total. The Labute approximate surface area is 130 Å². The third kappa shape index (κ3) is 1.59. The third-order valence-electron chi connectivity index (χ3n) is 6.35. The molecule has 6 rings (SSSR count). The first-order chi connectivity index (χ1) is 10.3. The molecule has 21 heavy (non-hydrogen) atoms. The third-order valence-corrected chi connectivity index (χ3v) is 8.05. The maximum atomic E-state index is 12.7. The van der Waals surface area contributed by atoms with Crippen molar-refractivity contribution in [3.63, 3.8) is 0 Å². The molecule has 4 saturated carbocycles. The number of thioether (sulfide) groups is 1. The van der Waals surface area contributed by atoms with Crippen molar-refractivity contribution in [2.24, 2.45) is 23.7 Å². The van der Waals surface area contributed by atoms with Crippen LogP contribution in [-0.2, 0) is 4.79 Å². The van der Waals surface area contributed by atoms with Crippen LogP contribution in [-0.4, -0.2) is 16.5 Å². The Morgan fingerprint density at radius 3 is 2.19 bits per heavy atom. The quantitative estimate of drug-likeness (QED) is 0.783. The summed E-state index contributed by atoms with van der Waals surface area (Å²) < 4.78 is 0. The van der Waals surface area contributed by atoms with Crippen molar-refractivity contribution in [1.82, 2.24) is 0 Å². The molecule has 110 valence electrons. The highest BCUT2D eigenvalue weighted by molar-refractivity contribution is 8.02. The number of rotatable bonds is 1. The van der Waals surface area contributed by atoms with Crippen LogP contribution in [0, 0.1) is 23.7 Å². The van der Waals surface area contributed by atoms with Gasteiger partial charge < -0.3 is 0 Å². The summed E-state index contributed by atoms with van der Waals surface area (Å²) >= 11 is 1.97. The summed E-state index contributed by atoms with van der Waals surface area (Å²) in [5.41, 5.74) is 1.12. The van der Waals surface area contributed by atoms with E-state index in [2.05, 4.69) is 29.2 Å². The second kappa shape index (κ2) is 4.28. The second-order valence-electron chi connectivity index (χ2n) is 7.41. The van der Waals surface area contributed by atoms with Crippen LogP contribution in [0.4, 0.5) is 5.69 Å². The lowest BCUT2D eigenvalue weighted by atomic mass is 9.53. The van der Waals surface area contributed by atoms with Gasteiger partial charge in [0.25, 0.3) is 0 Å². The van der Waals surface area contributed by atoms with Crippen molar-refractivity contribution in [3.05, 3.63) is 30.3 Å². The van der Waals surface area contributed by atoms with Gasteiger partial charge in [-0.25, -0.2) is 0 Å². The Morgan fingerprint density at radius 2 is 1.57 bits per heavy atom. The molecule has 1 aromatic rings. The molecule has 1 spiro atoms. The molecule has 0 atom stereocenters. The molecule has 5 fully saturated rings. The molecule has 4 bridgehead atoms. The van der Waals surface area contributed by atoms with Crippen LogP contribution in [0.2, 0.25) is 0 Å². The average Bonchev–Trinajstić information content (AvgIpc) is 2.83. The van der Waals surface area contributed by atoms with Gasteiger partial charge in [0.05, 0.1) is 10.6 Å². The van der Waals surface area contributed by atoms with E-state index in [1.165, 1.54) is 32.1 Å². The molecule has 5 aliphatic rings. The van der Waals surface area contributed by atoms with Gasteiger partial charge in [0.15, 0.2) is 0 Å². The number of benzene rings is 1. The van der Waals surface area contributed by atoms with Gasteiger partial charge in [-0.3, -0.25) is 9.69 Å². The SMILES string of the molecule is O=C1CSC2(C3CC4CC(C3)CC2C4)N1c1ccccc1. The summed E-state index contributed by atoms with van der Waals surface area (Å²) in [6.45, 7) is 0. The normalized spacial score (nSPS) is 44.0. The van der Waals surface area contributed by atoms with E-state index in [1.807, 2.05) is 17.8 Å². The van der Waals surface area contributed by atoms with Crippen molar-refractivity contribution in [1.29, 1.82) is 0 Å². The highest BCUT2D eigenvalue weighted by atomic mass is 32.2. The van der Waals surface area contributed by atoms with E-state index < -0.39 is 0 Å². The Bertz CT molecular complexity index is 556. The van der Waals surface area contributed by atoms with E-state index in [-0.39, 0.29) is 4.87 Å². The molecule has 1 heterocycles. The summed E-state index contributed by atoms with van der Waals surface area (Å²) in [4.78, 5) is 15.0. The number of anilines is 1. The molecule has 0 unspecified atom stereocenters. The molecule has 1 aliphatic heterocycles. The van der Waals surface area contributed by atoms with Crippen molar-refractivity contribution in [3.8, 4) is 0 Å². The Balaban J connectivity index is 1.62.